The molecule has 0 aromatic heterocycles. The second kappa shape index (κ2) is 16.9. The van der Waals surface area contributed by atoms with Crippen LogP contribution in [0, 0.1) is 11.6 Å². The minimum absolute atomic E-state index is 0.0416. The number of unbranched alkanes of at least 4 members (excludes halogenated alkanes) is 2. The Morgan fingerprint density at radius 1 is 1.00 bits per heavy atom. The van der Waals surface area contributed by atoms with E-state index in [9.17, 15) is 32.8 Å². The van der Waals surface area contributed by atoms with E-state index < -0.39 is 41.1 Å². The summed E-state index contributed by atoms with van der Waals surface area (Å²) in [7, 11) is 0. The third-order valence-corrected chi connectivity index (χ3v) is 9.43. The topological polar surface area (TPSA) is 146 Å². The fourth-order valence-corrected chi connectivity index (χ4v) is 7.05. The molecule has 242 valence electrons. The molecular weight excluding hydrogens is 604 g/mol. The van der Waals surface area contributed by atoms with Crippen molar-refractivity contribution in [3.8, 4) is 0 Å². The third kappa shape index (κ3) is 10.3. The number of thioether (sulfide) groups is 1. The van der Waals surface area contributed by atoms with Crippen LogP contribution in [0.5, 0.6) is 0 Å². The third-order valence-electron chi connectivity index (χ3n) is 7.92. The van der Waals surface area contributed by atoms with Gasteiger partial charge in [-0.1, -0.05) is 36.8 Å². The van der Waals surface area contributed by atoms with E-state index in [1.165, 1.54) is 0 Å². The summed E-state index contributed by atoms with van der Waals surface area (Å²) >= 11 is 1.85. The van der Waals surface area contributed by atoms with Crippen LogP contribution in [0.1, 0.15) is 60.9 Å². The molecule has 2 aromatic rings. The van der Waals surface area contributed by atoms with E-state index in [-0.39, 0.29) is 30.4 Å². The lowest BCUT2D eigenvalue weighted by Crippen LogP contribution is -2.51. The van der Waals surface area contributed by atoms with E-state index in [1.807, 2.05) is 11.8 Å². The van der Waals surface area contributed by atoms with Crippen molar-refractivity contribution in [3.05, 3.63) is 71.3 Å². The number of hydrogen-bond acceptors (Lipinski definition) is 6. The van der Waals surface area contributed by atoms with Gasteiger partial charge in [0.15, 0.2) is 0 Å². The predicted octanol–water partition coefficient (Wildman–Crippen LogP) is 3.00. The zero-order chi connectivity index (χ0) is 32.2. The van der Waals surface area contributed by atoms with Gasteiger partial charge in [0.05, 0.1) is 23.7 Å². The molecule has 5 amide bonds. The number of carbonyl (C=O) groups excluding carboxylic acids is 5. The zero-order valence-corrected chi connectivity index (χ0v) is 25.7. The van der Waals surface area contributed by atoms with Crippen molar-refractivity contribution < 1.29 is 32.8 Å². The molecule has 10 nitrogen and oxygen atoms in total. The van der Waals surface area contributed by atoms with Gasteiger partial charge in [-0.3, -0.25) is 14.4 Å². The fourth-order valence-electron chi connectivity index (χ4n) is 5.51. The van der Waals surface area contributed by atoms with Gasteiger partial charge in [-0.05, 0) is 49.8 Å². The largest absolute Gasteiger partial charge is 0.356 e. The maximum absolute atomic E-state index is 14.2. The first-order chi connectivity index (χ1) is 21.7. The first kappa shape index (κ1) is 33.9. The summed E-state index contributed by atoms with van der Waals surface area (Å²) in [5.74, 6) is -2.51. The Bertz CT molecular complexity index is 1350. The Morgan fingerprint density at radius 3 is 2.56 bits per heavy atom. The van der Waals surface area contributed by atoms with E-state index in [0.717, 1.165) is 42.7 Å². The number of halogens is 2. The molecule has 4 rings (SSSR count). The zero-order valence-electron chi connectivity index (χ0n) is 24.9. The van der Waals surface area contributed by atoms with Crippen LogP contribution in [0.25, 0.3) is 0 Å². The molecule has 2 aliphatic heterocycles. The van der Waals surface area contributed by atoms with Gasteiger partial charge in [-0.2, -0.15) is 11.8 Å². The SMILES string of the molecule is O=C[C@H](CCCCNC(=O)CCCC[C@@H]1SC[C@@H]2NC(=O)N[C@@H]21)NC(=O)[C@H](Cc1ccccc1)NC(=O)c1ccc(F)cc1F. The van der Waals surface area contributed by atoms with Crippen molar-refractivity contribution in [3.63, 3.8) is 0 Å². The number of amides is 5. The number of urea groups is 1. The summed E-state index contributed by atoms with van der Waals surface area (Å²) in [5.41, 5.74) is 0.334. The number of benzene rings is 2. The normalized spacial score (nSPS) is 19.9. The molecule has 2 saturated heterocycles. The van der Waals surface area contributed by atoms with Crippen molar-refractivity contribution in [2.24, 2.45) is 0 Å². The van der Waals surface area contributed by atoms with Crippen LogP contribution < -0.4 is 26.6 Å². The Hall–Kier alpha value is -4.00. The number of aldehydes is 1. The van der Waals surface area contributed by atoms with Gasteiger partial charge in [0.2, 0.25) is 11.8 Å². The molecule has 2 heterocycles. The standard InChI is InChI=1S/C32H39F2N5O5S/c33-21-13-14-23(24(34)17-21)30(42)37-25(16-20-8-2-1-3-9-20)31(43)36-22(18-40)10-6-7-15-35-28(41)12-5-4-11-27-29-26(19-45-27)38-32(44)39-29/h1-3,8-9,13-14,17-18,22,25-27,29H,4-7,10-12,15-16,19H2,(H,35,41)(H,36,43)(H,37,42)(H2,38,39,44)/t22-,25-,26-,27-,29-/m0/s1. The number of nitrogens with one attached hydrogen (secondary N) is 5. The Morgan fingerprint density at radius 2 is 1.80 bits per heavy atom. The van der Waals surface area contributed by atoms with Gasteiger partial charge in [0, 0.05) is 36.5 Å². The average molecular weight is 644 g/mol. The summed E-state index contributed by atoms with van der Waals surface area (Å²) in [5, 5.41) is 14.3. The van der Waals surface area contributed by atoms with E-state index in [0.29, 0.717) is 49.8 Å². The van der Waals surface area contributed by atoms with E-state index in [1.54, 1.807) is 30.3 Å². The highest BCUT2D eigenvalue weighted by atomic mass is 32.2. The van der Waals surface area contributed by atoms with Crippen molar-refractivity contribution in [1.29, 1.82) is 0 Å². The first-order valence-corrected chi connectivity index (χ1v) is 16.3. The first-order valence-electron chi connectivity index (χ1n) is 15.2. The second-order valence-electron chi connectivity index (χ2n) is 11.3. The van der Waals surface area contributed by atoms with E-state index in [4.69, 9.17) is 0 Å². The highest BCUT2D eigenvalue weighted by molar-refractivity contribution is 8.00. The highest BCUT2D eigenvalue weighted by Gasteiger charge is 2.42. The lowest BCUT2D eigenvalue weighted by Gasteiger charge is -2.21. The number of carbonyl (C=O) groups is 5. The van der Waals surface area contributed by atoms with Gasteiger partial charge >= 0.3 is 6.03 Å². The van der Waals surface area contributed by atoms with Gasteiger partial charge in [-0.25, -0.2) is 13.6 Å². The molecule has 5 N–H and O–H groups in total. The second-order valence-corrected chi connectivity index (χ2v) is 12.6. The molecule has 0 spiro atoms. The Balaban J connectivity index is 1.16. The van der Waals surface area contributed by atoms with Crippen molar-refractivity contribution in [2.75, 3.05) is 12.3 Å². The minimum Gasteiger partial charge on any atom is -0.356 e. The molecule has 0 aliphatic carbocycles. The van der Waals surface area contributed by atoms with Crippen LogP contribution in [0.3, 0.4) is 0 Å². The van der Waals surface area contributed by atoms with E-state index in [2.05, 4.69) is 26.6 Å². The molecular formula is C32H39F2N5O5S. The number of rotatable bonds is 17. The fraction of sp³-hybridized carbons (Fsp3) is 0.469. The van der Waals surface area contributed by atoms with Crippen molar-refractivity contribution in [1.82, 2.24) is 26.6 Å². The maximum atomic E-state index is 14.2. The van der Waals surface area contributed by atoms with Crippen molar-refractivity contribution in [2.45, 2.75) is 80.8 Å². The summed E-state index contributed by atoms with van der Waals surface area (Å²) in [4.78, 5) is 61.4. The van der Waals surface area contributed by atoms with E-state index >= 15 is 0 Å². The van der Waals surface area contributed by atoms with Gasteiger partial charge in [-0.15, -0.1) is 0 Å². The molecule has 13 heteroatoms. The predicted molar refractivity (Wildman–Crippen MR) is 167 cm³/mol. The molecule has 45 heavy (non-hydrogen) atoms. The van der Waals surface area contributed by atoms with Gasteiger partial charge in [0.25, 0.3) is 5.91 Å². The van der Waals surface area contributed by atoms with Gasteiger partial charge in [0.1, 0.15) is 24.0 Å². The smallest absolute Gasteiger partial charge is 0.315 e. The molecule has 0 radical (unpaired) electrons. The van der Waals surface area contributed by atoms with Crippen LogP contribution in [0.4, 0.5) is 13.6 Å². The lowest BCUT2D eigenvalue weighted by molar-refractivity contribution is -0.125. The molecule has 2 aliphatic rings. The average Bonchev–Trinajstić information content (AvgIpc) is 3.57. The molecule has 0 unspecified atom stereocenters. The van der Waals surface area contributed by atoms with Crippen LogP contribution in [-0.2, 0) is 20.8 Å². The maximum Gasteiger partial charge on any atom is 0.315 e. The Labute approximate surface area is 265 Å². The molecule has 2 fully saturated rings. The molecule has 5 atom stereocenters. The van der Waals surface area contributed by atoms with Crippen LogP contribution in [0.2, 0.25) is 0 Å². The summed E-state index contributed by atoms with van der Waals surface area (Å²) in [6, 6.07) is 9.76. The number of hydrogen-bond donors (Lipinski definition) is 5. The summed E-state index contributed by atoms with van der Waals surface area (Å²) in [6.45, 7) is 0.439. The molecule has 0 bridgehead atoms. The van der Waals surface area contributed by atoms with Crippen molar-refractivity contribution >= 4 is 41.8 Å². The van der Waals surface area contributed by atoms with Gasteiger partial charge < -0.3 is 31.4 Å². The molecule has 0 saturated carbocycles. The van der Waals surface area contributed by atoms with Crippen LogP contribution in [0.15, 0.2) is 48.5 Å². The summed E-state index contributed by atoms with van der Waals surface area (Å²) in [6.07, 6.45) is 5.22. The van der Waals surface area contributed by atoms with Crippen LogP contribution >= 0.6 is 11.8 Å². The number of fused-ring (bicyclic) bond motifs is 1. The minimum atomic E-state index is -1.12. The molecule has 2 aromatic carbocycles. The highest BCUT2D eigenvalue weighted by Crippen LogP contribution is 2.33. The quantitative estimate of drug-likeness (QED) is 0.102. The van der Waals surface area contributed by atoms with Crippen LogP contribution in [-0.4, -0.2) is 71.8 Å². The summed E-state index contributed by atoms with van der Waals surface area (Å²) < 4.78 is 27.5. The monoisotopic (exact) mass is 643 g/mol. The lowest BCUT2D eigenvalue weighted by atomic mass is 10.0. The Kier molecular flexibility index (Phi) is 12.7.